The molecule has 3 rings (SSSR count). The maximum atomic E-state index is 12.7. The van der Waals surface area contributed by atoms with Crippen LogP contribution in [0.3, 0.4) is 0 Å². The molecule has 2 aliphatic rings. The average Bonchev–Trinajstić information content (AvgIpc) is 2.90. The van der Waals surface area contributed by atoms with Crippen LogP contribution in [0.1, 0.15) is 22.3 Å². The number of nitrogens with zero attached hydrogens (tertiary/aromatic N) is 2. The number of rotatable bonds is 1. The molecule has 0 spiro atoms. The number of hydrogen-bond donors (Lipinski definition) is 0. The van der Waals surface area contributed by atoms with Crippen LogP contribution < -0.4 is 0 Å². The fraction of sp³-hybridized carbons (Fsp3) is 0.533. The molecule has 0 radical (unpaired) electrons. The van der Waals surface area contributed by atoms with Crippen LogP contribution in [0.25, 0.3) is 0 Å². The Bertz CT molecular complexity index is 517. The highest BCUT2D eigenvalue weighted by Crippen LogP contribution is 2.32. The van der Waals surface area contributed by atoms with Crippen LogP contribution in [-0.4, -0.2) is 48.4 Å². The molecular weight excluding hydrogens is 260 g/mol. The molecule has 2 heterocycles. The van der Waals surface area contributed by atoms with E-state index >= 15 is 0 Å². The summed E-state index contributed by atoms with van der Waals surface area (Å²) >= 11 is 6.12. The number of fused-ring (bicyclic) bond motifs is 1. The zero-order valence-electron chi connectivity index (χ0n) is 11.4. The molecule has 0 N–H and O–H groups in total. The van der Waals surface area contributed by atoms with Crippen molar-refractivity contribution in [2.75, 3.05) is 26.7 Å². The van der Waals surface area contributed by atoms with Gasteiger partial charge in [-0.3, -0.25) is 4.79 Å². The normalized spacial score (nSPS) is 26.8. The second kappa shape index (κ2) is 4.80. The lowest BCUT2D eigenvalue weighted by molar-refractivity contribution is 0.0729. The van der Waals surface area contributed by atoms with Crippen molar-refractivity contribution in [2.24, 2.45) is 5.92 Å². The Morgan fingerprint density at radius 1 is 1.37 bits per heavy atom. The third-order valence-corrected chi connectivity index (χ3v) is 4.90. The standard InChI is InChI=1S/C15H19ClN2O/c1-10-12(4-3-5-13(10)16)15(19)18-7-6-11-8-17(2)9-14(11)18/h3-5,11,14H,6-9H2,1-2H3/t11-,14+/m0/s1. The summed E-state index contributed by atoms with van der Waals surface area (Å²) in [4.78, 5) is 17.1. The van der Waals surface area contributed by atoms with Crippen molar-refractivity contribution in [3.63, 3.8) is 0 Å². The summed E-state index contributed by atoms with van der Waals surface area (Å²) in [5.74, 6) is 0.788. The summed E-state index contributed by atoms with van der Waals surface area (Å²) in [6, 6.07) is 5.96. The average molecular weight is 279 g/mol. The first kappa shape index (κ1) is 12.9. The van der Waals surface area contributed by atoms with Gasteiger partial charge in [0, 0.05) is 36.3 Å². The zero-order chi connectivity index (χ0) is 13.6. The molecule has 102 valence electrons. The molecule has 0 saturated carbocycles. The number of benzene rings is 1. The molecule has 0 aliphatic carbocycles. The number of likely N-dealkylation sites (N-methyl/N-ethyl adjacent to an activating group) is 1. The summed E-state index contributed by atoms with van der Waals surface area (Å²) in [6.07, 6.45) is 1.13. The maximum absolute atomic E-state index is 12.7. The van der Waals surface area contributed by atoms with Crippen molar-refractivity contribution in [1.29, 1.82) is 0 Å². The van der Waals surface area contributed by atoms with Crippen molar-refractivity contribution in [3.05, 3.63) is 34.3 Å². The van der Waals surface area contributed by atoms with Crippen LogP contribution in [-0.2, 0) is 0 Å². The molecule has 2 aliphatic heterocycles. The molecule has 19 heavy (non-hydrogen) atoms. The van der Waals surface area contributed by atoms with Gasteiger partial charge in [0.2, 0.25) is 0 Å². The summed E-state index contributed by atoms with van der Waals surface area (Å²) < 4.78 is 0. The van der Waals surface area contributed by atoms with Gasteiger partial charge in [-0.05, 0) is 44.0 Å². The molecule has 0 bridgehead atoms. The van der Waals surface area contributed by atoms with Crippen molar-refractivity contribution >= 4 is 17.5 Å². The number of carbonyl (C=O) groups is 1. The predicted molar refractivity (Wildman–Crippen MR) is 76.6 cm³/mol. The lowest BCUT2D eigenvalue weighted by Gasteiger charge is -2.25. The summed E-state index contributed by atoms with van der Waals surface area (Å²) in [6.45, 7) is 4.91. The van der Waals surface area contributed by atoms with Gasteiger partial charge in [-0.1, -0.05) is 17.7 Å². The van der Waals surface area contributed by atoms with Gasteiger partial charge in [0.1, 0.15) is 0 Å². The van der Waals surface area contributed by atoms with E-state index in [1.54, 1.807) is 0 Å². The minimum Gasteiger partial charge on any atom is -0.334 e. The SMILES string of the molecule is Cc1c(Cl)cccc1C(=O)N1CC[C@H]2CN(C)C[C@H]21. The van der Waals surface area contributed by atoms with Crippen LogP contribution in [0, 0.1) is 12.8 Å². The van der Waals surface area contributed by atoms with E-state index in [0.29, 0.717) is 17.0 Å². The van der Waals surface area contributed by atoms with E-state index in [1.807, 2.05) is 30.0 Å². The molecule has 1 aromatic carbocycles. The van der Waals surface area contributed by atoms with Gasteiger partial charge in [0.25, 0.3) is 5.91 Å². The Morgan fingerprint density at radius 3 is 2.95 bits per heavy atom. The molecule has 3 nitrogen and oxygen atoms in total. The number of carbonyl (C=O) groups excluding carboxylic acids is 1. The predicted octanol–water partition coefficient (Wildman–Crippen LogP) is 2.42. The van der Waals surface area contributed by atoms with Gasteiger partial charge >= 0.3 is 0 Å². The number of amides is 1. The van der Waals surface area contributed by atoms with E-state index in [0.717, 1.165) is 37.2 Å². The van der Waals surface area contributed by atoms with Crippen molar-refractivity contribution in [2.45, 2.75) is 19.4 Å². The Labute approximate surface area is 119 Å². The minimum atomic E-state index is 0.141. The molecule has 2 saturated heterocycles. The van der Waals surface area contributed by atoms with Crippen LogP contribution in [0.5, 0.6) is 0 Å². The molecule has 0 unspecified atom stereocenters. The molecule has 1 aromatic rings. The second-order valence-electron chi connectivity index (χ2n) is 5.75. The number of hydrogen-bond acceptors (Lipinski definition) is 2. The Kier molecular flexibility index (Phi) is 3.27. The third-order valence-electron chi connectivity index (χ3n) is 4.49. The Morgan fingerprint density at radius 2 is 2.16 bits per heavy atom. The van der Waals surface area contributed by atoms with Crippen LogP contribution in [0.15, 0.2) is 18.2 Å². The first-order chi connectivity index (χ1) is 9.08. The zero-order valence-corrected chi connectivity index (χ0v) is 12.2. The number of halogens is 1. The smallest absolute Gasteiger partial charge is 0.254 e. The van der Waals surface area contributed by atoms with Crippen LogP contribution in [0.2, 0.25) is 5.02 Å². The van der Waals surface area contributed by atoms with Crippen LogP contribution in [0.4, 0.5) is 0 Å². The Hall–Kier alpha value is -1.06. The molecule has 1 amide bonds. The maximum Gasteiger partial charge on any atom is 0.254 e. The molecule has 2 fully saturated rings. The van der Waals surface area contributed by atoms with Gasteiger partial charge < -0.3 is 9.80 Å². The quantitative estimate of drug-likeness (QED) is 0.788. The van der Waals surface area contributed by atoms with E-state index in [4.69, 9.17) is 11.6 Å². The van der Waals surface area contributed by atoms with E-state index < -0.39 is 0 Å². The van der Waals surface area contributed by atoms with E-state index in [2.05, 4.69) is 11.9 Å². The minimum absolute atomic E-state index is 0.141. The highest BCUT2D eigenvalue weighted by atomic mass is 35.5. The molecular formula is C15H19ClN2O. The van der Waals surface area contributed by atoms with Gasteiger partial charge in [-0.25, -0.2) is 0 Å². The monoisotopic (exact) mass is 278 g/mol. The first-order valence-electron chi connectivity index (χ1n) is 6.82. The van der Waals surface area contributed by atoms with Gasteiger partial charge in [-0.2, -0.15) is 0 Å². The summed E-state index contributed by atoms with van der Waals surface area (Å²) in [7, 11) is 2.13. The fourth-order valence-corrected chi connectivity index (χ4v) is 3.59. The molecule has 2 atom stereocenters. The third kappa shape index (κ3) is 2.15. The van der Waals surface area contributed by atoms with E-state index in [-0.39, 0.29) is 5.91 Å². The Balaban J connectivity index is 1.87. The molecule has 0 aromatic heterocycles. The highest BCUT2D eigenvalue weighted by Gasteiger charge is 2.42. The lowest BCUT2D eigenvalue weighted by atomic mass is 10.0. The van der Waals surface area contributed by atoms with Gasteiger partial charge in [0.15, 0.2) is 0 Å². The lowest BCUT2D eigenvalue weighted by Crippen LogP contribution is -2.39. The van der Waals surface area contributed by atoms with Crippen molar-refractivity contribution in [3.8, 4) is 0 Å². The van der Waals surface area contributed by atoms with E-state index in [1.165, 1.54) is 0 Å². The first-order valence-corrected chi connectivity index (χ1v) is 7.20. The number of likely N-dealkylation sites (tertiary alicyclic amines) is 2. The second-order valence-corrected chi connectivity index (χ2v) is 6.16. The summed E-state index contributed by atoms with van der Waals surface area (Å²) in [5, 5.41) is 0.671. The summed E-state index contributed by atoms with van der Waals surface area (Å²) in [5.41, 5.74) is 1.65. The van der Waals surface area contributed by atoms with E-state index in [9.17, 15) is 4.79 Å². The molecule has 4 heteroatoms. The fourth-order valence-electron chi connectivity index (χ4n) is 3.42. The highest BCUT2D eigenvalue weighted by molar-refractivity contribution is 6.31. The van der Waals surface area contributed by atoms with Crippen molar-refractivity contribution < 1.29 is 4.79 Å². The van der Waals surface area contributed by atoms with Gasteiger partial charge in [0.05, 0.1) is 0 Å². The van der Waals surface area contributed by atoms with Crippen molar-refractivity contribution in [1.82, 2.24) is 9.80 Å². The van der Waals surface area contributed by atoms with Gasteiger partial charge in [-0.15, -0.1) is 0 Å². The topological polar surface area (TPSA) is 23.6 Å². The largest absolute Gasteiger partial charge is 0.334 e. The van der Waals surface area contributed by atoms with Crippen LogP contribution >= 0.6 is 11.6 Å².